The average Bonchev–Trinajstić information content (AvgIpc) is 3.33. The van der Waals surface area contributed by atoms with Crippen molar-refractivity contribution in [3.63, 3.8) is 0 Å². The van der Waals surface area contributed by atoms with Gasteiger partial charge in [0.05, 0.1) is 11.2 Å². The van der Waals surface area contributed by atoms with Crippen molar-refractivity contribution in [3.8, 4) is 11.4 Å². The van der Waals surface area contributed by atoms with Crippen LogP contribution in [0.4, 0.5) is 10.2 Å². The molecule has 4 rings (SSSR count). The van der Waals surface area contributed by atoms with Gasteiger partial charge in [-0.2, -0.15) is 0 Å². The first-order chi connectivity index (χ1) is 13.6. The fourth-order valence-electron chi connectivity index (χ4n) is 3.51. The van der Waals surface area contributed by atoms with Crippen LogP contribution in [0.3, 0.4) is 0 Å². The Morgan fingerprint density at radius 1 is 1.43 bits per heavy atom. The molecule has 1 fully saturated rings. The van der Waals surface area contributed by atoms with Gasteiger partial charge in [0, 0.05) is 36.4 Å². The Labute approximate surface area is 166 Å². The molecule has 0 unspecified atom stereocenters. The number of carbonyl (C=O) groups excluding carboxylic acids is 1. The van der Waals surface area contributed by atoms with Gasteiger partial charge in [0.2, 0.25) is 5.91 Å². The molecule has 1 aliphatic heterocycles. The monoisotopic (exact) mass is 402 g/mol. The molecule has 0 aromatic carbocycles. The molecule has 1 atom stereocenters. The van der Waals surface area contributed by atoms with Crippen LogP contribution in [0.5, 0.6) is 0 Å². The molecule has 28 heavy (non-hydrogen) atoms. The third kappa shape index (κ3) is 3.40. The molecule has 0 aliphatic carbocycles. The zero-order valence-corrected chi connectivity index (χ0v) is 16.1. The number of aromatic nitrogens is 4. The Balaban J connectivity index is 1.71. The van der Waals surface area contributed by atoms with E-state index in [1.165, 1.54) is 0 Å². The summed E-state index contributed by atoms with van der Waals surface area (Å²) in [7, 11) is 0. The molecular weight excluding hydrogens is 383 g/mol. The van der Waals surface area contributed by atoms with E-state index in [1.807, 2.05) is 6.92 Å². The summed E-state index contributed by atoms with van der Waals surface area (Å²) in [4.78, 5) is 30.1. The molecular formula is C19H20ClFN6O. The molecule has 3 aromatic rings. The highest BCUT2D eigenvalue weighted by Crippen LogP contribution is 2.31. The number of nitrogens with one attached hydrogen (secondary N) is 2. The van der Waals surface area contributed by atoms with E-state index < -0.39 is 11.9 Å². The van der Waals surface area contributed by atoms with Gasteiger partial charge in [-0.25, -0.2) is 19.3 Å². The Hall–Kier alpha value is -2.74. The number of carbonyl (C=O) groups is 1. The molecule has 0 radical (unpaired) electrons. The van der Waals surface area contributed by atoms with Crippen molar-refractivity contribution in [3.05, 3.63) is 35.5 Å². The summed E-state index contributed by atoms with van der Waals surface area (Å²) in [6.45, 7) is 3.16. The number of pyridine rings is 1. The molecule has 0 bridgehead atoms. The first-order valence-electron chi connectivity index (χ1n) is 9.28. The maximum absolute atomic E-state index is 14.6. The van der Waals surface area contributed by atoms with Gasteiger partial charge in [-0.3, -0.25) is 4.79 Å². The van der Waals surface area contributed by atoms with Crippen LogP contribution >= 0.6 is 11.6 Å². The maximum atomic E-state index is 14.6. The number of amides is 1. The number of aromatic amines is 1. The quantitative estimate of drug-likeness (QED) is 0.683. The van der Waals surface area contributed by atoms with Crippen LogP contribution in [0.1, 0.15) is 26.2 Å². The molecule has 146 valence electrons. The van der Waals surface area contributed by atoms with E-state index in [1.54, 1.807) is 23.4 Å². The maximum Gasteiger partial charge on any atom is 0.242 e. The number of halogens is 2. The summed E-state index contributed by atoms with van der Waals surface area (Å²) in [5, 5.41) is 4.13. The number of H-pyrrole nitrogens is 1. The van der Waals surface area contributed by atoms with Gasteiger partial charge in [0.1, 0.15) is 11.7 Å². The first-order valence-corrected chi connectivity index (χ1v) is 9.66. The van der Waals surface area contributed by atoms with Gasteiger partial charge < -0.3 is 15.2 Å². The molecule has 9 heteroatoms. The van der Waals surface area contributed by atoms with E-state index in [2.05, 4.69) is 25.3 Å². The molecule has 2 N–H and O–H groups in total. The molecule has 0 spiro atoms. The summed E-state index contributed by atoms with van der Waals surface area (Å²) in [5.41, 5.74) is 1.32. The number of hydrogen-bond donors (Lipinski definition) is 2. The van der Waals surface area contributed by atoms with E-state index >= 15 is 0 Å². The van der Waals surface area contributed by atoms with Gasteiger partial charge in [0.25, 0.3) is 0 Å². The second-order valence-electron chi connectivity index (χ2n) is 6.76. The van der Waals surface area contributed by atoms with Crippen LogP contribution < -0.4 is 10.2 Å². The number of fused-ring (bicyclic) bond motifs is 1. The third-order valence-corrected chi connectivity index (χ3v) is 5.05. The van der Waals surface area contributed by atoms with Crippen molar-refractivity contribution in [1.29, 1.82) is 0 Å². The highest BCUT2D eigenvalue weighted by Gasteiger charge is 2.33. The predicted molar refractivity (Wildman–Crippen MR) is 106 cm³/mol. The minimum Gasteiger partial charge on any atom is -0.354 e. The standard InChI is InChI=1S/C19H20ClFN6O/c1-2-5-22-19(28)15-4-3-6-27(15)18-14(21)10-25-17(26-18)13-9-24-16-12(13)7-11(20)8-23-16/h7-10,15H,2-6H2,1H3,(H,22,28)(H,23,24)/t15-/m1/s1. The molecule has 3 aromatic heterocycles. The van der Waals surface area contributed by atoms with Crippen LogP contribution in [0.15, 0.2) is 24.7 Å². The van der Waals surface area contributed by atoms with Gasteiger partial charge in [-0.05, 0) is 25.3 Å². The second-order valence-corrected chi connectivity index (χ2v) is 7.20. The number of anilines is 1. The first kappa shape index (κ1) is 18.6. The molecule has 0 saturated carbocycles. The topological polar surface area (TPSA) is 86.8 Å². The molecule has 1 saturated heterocycles. The zero-order valence-electron chi connectivity index (χ0n) is 15.4. The van der Waals surface area contributed by atoms with E-state index in [9.17, 15) is 9.18 Å². The lowest BCUT2D eigenvalue weighted by atomic mass is 10.2. The Morgan fingerprint density at radius 3 is 3.11 bits per heavy atom. The van der Waals surface area contributed by atoms with Gasteiger partial charge in [-0.15, -0.1) is 0 Å². The number of nitrogens with zero attached hydrogens (tertiary/aromatic N) is 4. The van der Waals surface area contributed by atoms with Crippen LogP contribution in [-0.4, -0.2) is 45.0 Å². The summed E-state index contributed by atoms with van der Waals surface area (Å²) in [6, 6.07) is 1.33. The fourth-order valence-corrected chi connectivity index (χ4v) is 3.67. The van der Waals surface area contributed by atoms with E-state index in [4.69, 9.17) is 11.6 Å². The third-order valence-electron chi connectivity index (χ3n) is 4.84. The Bertz CT molecular complexity index is 1020. The smallest absolute Gasteiger partial charge is 0.242 e. The highest BCUT2D eigenvalue weighted by molar-refractivity contribution is 6.31. The zero-order chi connectivity index (χ0) is 19.7. The summed E-state index contributed by atoms with van der Waals surface area (Å²) < 4.78 is 14.6. The molecule has 7 nitrogen and oxygen atoms in total. The van der Waals surface area contributed by atoms with Crippen molar-refractivity contribution < 1.29 is 9.18 Å². The van der Waals surface area contributed by atoms with Crippen molar-refractivity contribution in [2.24, 2.45) is 0 Å². The van der Waals surface area contributed by atoms with Crippen LogP contribution in [-0.2, 0) is 4.79 Å². The van der Waals surface area contributed by atoms with Gasteiger partial charge >= 0.3 is 0 Å². The minimum atomic E-state index is -0.546. The average molecular weight is 403 g/mol. The molecule has 4 heterocycles. The Kier molecular flexibility index (Phi) is 5.13. The van der Waals surface area contributed by atoms with Crippen LogP contribution in [0.2, 0.25) is 5.02 Å². The number of hydrogen-bond acceptors (Lipinski definition) is 5. The second kappa shape index (κ2) is 7.71. The highest BCUT2D eigenvalue weighted by atomic mass is 35.5. The predicted octanol–water partition coefficient (Wildman–Crippen LogP) is 3.31. The fraction of sp³-hybridized carbons (Fsp3) is 0.368. The van der Waals surface area contributed by atoms with Crippen LogP contribution in [0.25, 0.3) is 22.4 Å². The SMILES string of the molecule is CCCNC(=O)[C@H]1CCCN1c1nc(-c2c[nH]c3ncc(Cl)cc23)ncc1F. The lowest BCUT2D eigenvalue weighted by molar-refractivity contribution is -0.122. The molecule has 1 amide bonds. The van der Waals surface area contributed by atoms with E-state index in [-0.39, 0.29) is 11.7 Å². The van der Waals surface area contributed by atoms with E-state index in [0.29, 0.717) is 41.6 Å². The van der Waals surface area contributed by atoms with Gasteiger partial charge in [-0.1, -0.05) is 18.5 Å². The van der Waals surface area contributed by atoms with Crippen molar-refractivity contribution in [2.45, 2.75) is 32.2 Å². The largest absolute Gasteiger partial charge is 0.354 e. The lowest BCUT2D eigenvalue weighted by Gasteiger charge is -2.25. The Morgan fingerprint density at radius 2 is 2.29 bits per heavy atom. The lowest BCUT2D eigenvalue weighted by Crippen LogP contribution is -2.44. The minimum absolute atomic E-state index is 0.0954. The number of rotatable bonds is 5. The summed E-state index contributed by atoms with van der Waals surface area (Å²) in [6.07, 6.45) is 6.73. The van der Waals surface area contributed by atoms with Crippen LogP contribution in [0, 0.1) is 5.82 Å². The van der Waals surface area contributed by atoms with Crippen molar-refractivity contribution in [2.75, 3.05) is 18.0 Å². The molecule has 1 aliphatic rings. The normalized spacial score (nSPS) is 16.7. The summed E-state index contributed by atoms with van der Waals surface area (Å²) >= 11 is 6.06. The summed E-state index contributed by atoms with van der Waals surface area (Å²) in [5.74, 6) is -0.147. The van der Waals surface area contributed by atoms with Crippen molar-refractivity contribution >= 4 is 34.4 Å². The van der Waals surface area contributed by atoms with Gasteiger partial charge in [0.15, 0.2) is 17.5 Å². The van der Waals surface area contributed by atoms with E-state index in [0.717, 1.165) is 24.4 Å². The van der Waals surface area contributed by atoms with Crippen molar-refractivity contribution in [1.82, 2.24) is 25.3 Å².